The van der Waals surface area contributed by atoms with Crippen molar-refractivity contribution in [1.29, 1.82) is 0 Å². The third kappa shape index (κ3) is 4.78. The second-order valence-electron chi connectivity index (χ2n) is 6.79. The molecule has 0 atom stereocenters. The van der Waals surface area contributed by atoms with E-state index in [-0.39, 0.29) is 12.5 Å². The predicted molar refractivity (Wildman–Crippen MR) is 120 cm³/mol. The third-order valence-electron chi connectivity index (χ3n) is 4.74. The highest BCUT2D eigenvalue weighted by molar-refractivity contribution is 7.98. The number of carbonyl (C=O) groups is 1. The maximum Gasteiger partial charge on any atom is 0.240 e. The van der Waals surface area contributed by atoms with Gasteiger partial charge in [0.1, 0.15) is 12.4 Å². The molecule has 1 amide bonds. The topological polar surface area (TPSA) is 112 Å². The fraction of sp³-hybridized carbons (Fsp3) is 0.350. The Labute approximate surface area is 183 Å². The standard InChI is InChI=1S/C20H24N8O2S/c1-30-10-8-22-18-14-11-24-28(19(14)26-20(25-18)31-2)9-7-21-17(29)12-27-13-23-15-5-3-4-6-16(15)27/h3-6,11,13H,7-10,12H2,1-2H3,(H,21,29)(H,22,25,26). The van der Waals surface area contributed by atoms with Gasteiger partial charge in [0.15, 0.2) is 10.8 Å². The molecule has 0 bridgehead atoms. The van der Waals surface area contributed by atoms with Crippen molar-refractivity contribution in [1.82, 2.24) is 34.6 Å². The number of methoxy groups -OCH3 is 1. The number of benzene rings is 1. The van der Waals surface area contributed by atoms with E-state index in [4.69, 9.17) is 4.74 Å². The van der Waals surface area contributed by atoms with Gasteiger partial charge in [-0.2, -0.15) is 5.10 Å². The van der Waals surface area contributed by atoms with Crippen molar-refractivity contribution in [2.45, 2.75) is 18.2 Å². The number of anilines is 1. The lowest BCUT2D eigenvalue weighted by Gasteiger charge is -2.09. The molecular formula is C20H24N8O2S. The maximum atomic E-state index is 12.4. The van der Waals surface area contributed by atoms with Crippen molar-refractivity contribution >= 4 is 45.6 Å². The molecule has 3 heterocycles. The predicted octanol–water partition coefficient (Wildman–Crippen LogP) is 1.77. The number of rotatable bonds is 10. The Hall–Kier alpha value is -3.18. The van der Waals surface area contributed by atoms with E-state index >= 15 is 0 Å². The summed E-state index contributed by atoms with van der Waals surface area (Å²) in [5.74, 6) is 0.648. The lowest BCUT2D eigenvalue weighted by atomic mass is 10.3. The number of nitrogens with one attached hydrogen (secondary N) is 2. The molecule has 0 aliphatic carbocycles. The Morgan fingerprint density at radius 3 is 2.94 bits per heavy atom. The minimum atomic E-state index is -0.0824. The SMILES string of the molecule is COCCNc1nc(SC)nc2c1cnn2CCNC(=O)Cn1cnc2ccccc21. The summed E-state index contributed by atoms with van der Waals surface area (Å²) in [7, 11) is 1.66. The summed E-state index contributed by atoms with van der Waals surface area (Å²) in [5.41, 5.74) is 2.54. The molecule has 0 radical (unpaired) electrons. The zero-order valence-corrected chi connectivity index (χ0v) is 18.2. The van der Waals surface area contributed by atoms with Crippen LogP contribution < -0.4 is 10.6 Å². The summed E-state index contributed by atoms with van der Waals surface area (Å²) in [6, 6.07) is 7.74. The smallest absolute Gasteiger partial charge is 0.240 e. The fourth-order valence-corrected chi connectivity index (χ4v) is 3.60. The molecule has 0 spiro atoms. The molecular weight excluding hydrogens is 416 g/mol. The Morgan fingerprint density at radius 1 is 1.23 bits per heavy atom. The second kappa shape index (κ2) is 9.75. The number of para-hydroxylation sites is 2. The first kappa shape index (κ1) is 21.1. The lowest BCUT2D eigenvalue weighted by Crippen LogP contribution is -2.30. The highest BCUT2D eigenvalue weighted by atomic mass is 32.2. The van der Waals surface area contributed by atoms with Gasteiger partial charge >= 0.3 is 0 Å². The Kier molecular flexibility index (Phi) is 6.63. The van der Waals surface area contributed by atoms with Crippen molar-refractivity contribution in [2.75, 3.05) is 38.4 Å². The average molecular weight is 441 g/mol. The van der Waals surface area contributed by atoms with Crippen LogP contribution in [0.2, 0.25) is 0 Å². The normalized spacial score (nSPS) is 11.3. The van der Waals surface area contributed by atoms with Gasteiger partial charge in [-0.25, -0.2) is 19.6 Å². The average Bonchev–Trinajstić information content (AvgIpc) is 3.38. The molecule has 0 saturated carbocycles. The zero-order valence-electron chi connectivity index (χ0n) is 17.4. The summed E-state index contributed by atoms with van der Waals surface area (Å²) in [4.78, 5) is 25.8. The molecule has 4 aromatic rings. The molecule has 0 unspecified atom stereocenters. The molecule has 162 valence electrons. The fourth-order valence-electron chi connectivity index (χ4n) is 3.24. The van der Waals surface area contributed by atoms with Crippen molar-refractivity contribution in [3.63, 3.8) is 0 Å². The Bertz CT molecular complexity index is 1190. The molecule has 31 heavy (non-hydrogen) atoms. The van der Waals surface area contributed by atoms with Gasteiger partial charge in [-0.1, -0.05) is 23.9 Å². The van der Waals surface area contributed by atoms with Crippen LogP contribution in [0.5, 0.6) is 0 Å². The quantitative estimate of drug-likeness (QED) is 0.218. The summed E-state index contributed by atoms with van der Waals surface area (Å²) in [6.07, 6.45) is 5.36. The highest BCUT2D eigenvalue weighted by Crippen LogP contribution is 2.23. The molecule has 0 aliphatic heterocycles. The van der Waals surface area contributed by atoms with Crippen LogP contribution in [0.3, 0.4) is 0 Å². The number of carbonyl (C=O) groups excluding carboxylic acids is 1. The minimum Gasteiger partial charge on any atom is -0.383 e. The number of hydrogen-bond donors (Lipinski definition) is 2. The molecule has 0 aliphatic rings. The Balaban J connectivity index is 1.40. The summed E-state index contributed by atoms with van der Waals surface area (Å²) >= 11 is 1.47. The first-order valence-corrected chi connectivity index (χ1v) is 11.1. The number of aromatic nitrogens is 6. The van der Waals surface area contributed by atoms with Crippen LogP contribution >= 0.6 is 11.8 Å². The van der Waals surface area contributed by atoms with Gasteiger partial charge in [-0.05, 0) is 18.4 Å². The molecule has 4 rings (SSSR count). The molecule has 1 aromatic carbocycles. The number of amides is 1. The zero-order chi connectivity index (χ0) is 21.6. The van der Waals surface area contributed by atoms with Crippen LogP contribution in [0.1, 0.15) is 0 Å². The monoisotopic (exact) mass is 440 g/mol. The van der Waals surface area contributed by atoms with Gasteiger partial charge in [0.2, 0.25) is 5.91 Å². The number of fused-ring (bicyclic) bond motifs is 2. The second-order valence-corrected chi connectivity index (χ2v) is 7.57. The van der Waals surface area contributed by atoms with Gasteiger partial charge in [-0.15, -0.1) is 0 Å². The number of nitrogens with zero attached hydrogens (tertiary/aromatic N) is 6. The first-order valence-electron chi connectivity index (χ1n) is 9.86. The molecule has 3 aromatic heterocycles. The summed E-state index contributed by atoms with van der Waals surface area (Å²) in [5, 5.41) is 12.1. The molecule has 0 saturated heterocycles. The maximum absolute atomic E-state index is 12.4. The molecule has 0 fully saturated rings. The van der Waals surface area contributed by atoms with Crippen molar-refractivity contribution < 1.29 is 9.53 Å². The van der Waals surface area contributed by atoms with E-state index in [0.717, 1.165) is 27.9 Å². The highest BCUT2D eigenvalue weighted by Gasteiger charge is 2.13. The number of hydrogen-bond acceptors (Lipinski definition) is 8. The van der Waals surface area contributed by atoms with Crippen LogP contribution in [-0.2, 0) is 22.6 Å². The van der Waals surface area contributed by atoms with Gasteiger partial charge in [-0.3, -0.25) is 4.79 Å². The van der Waals surface area contributed by atoms with Crippen LogP contribution in [0, 0.1) is 0 Å². The van der Waals surface area contributed by atoms with Crippen LogP contribution in [0.4, 0.5) is 5.82 Å². The van der Waals surface area contributed by atoms with Gasteiger partial charge in [0.25, 0.3) is 0 Å². The number of imidazole rings is 1. The largest absolute Gasteiger partial charge is 0.383 e. The van der Waals surface area contributed by atoms with Crippen LogP contribution in [0.25, 0.3) is 22.1 Å². The van der Waals surface area contributed by atoms with E-state index < -0.39 is 0 Å². The number of thioether (sulfide) groups is 1. The van der Waals surface area contributed by atoms with Crippen molar-refractivity contribution in [2.24, 2.45) is 0 Å². The van der Waals surface area contributed by atoms with E-state index in [2.05, 4.69) is 30.7 Å². The molecule has 11 heteroatoms. The van der Waals surface area contributed by atoms with Crippen molar-refractivity contribution in [3.8, 4) is 0 Å². The van der Waals surface area contributed by atoms with E-state index in [0.29, 0.717) is 31.4 Å². The van der Waals surface area contributed by atoms with Crippen LogP contribution in [0.15, 0.2) is 41.9 Å². The third-order valence-corrected chi connectivity index (χ3v) is 5.29. The molecule has 10 nitrogen and oxygen atoms in total. The van der Waals surface area contributed by atoms with Gasteiger partial charge in [0.05, 0.1) is 42.1 Å². The first-order chi connectivity index (χ1) is 15.2. The summed E-state index contributed by atoms with van der Waals surface area (Å²) < 4.78 is 8.72. The minimum absolute atomic E-state index is 0.0824. The van der Waals surface area contributed by atoms with Crippen molar-refractivity contribution in [3.05, 3.63) is 36.8 Å². The van der Waals surface area contributed by atoms with E-state index in [9.17, 15) is 4.79 Å². The number of ether oxygens (including phenoxy) is 1. The van der Waals surface area contributed by atoms with E-state index in [1.54, 1.807) is 24.3 Å². The summed E-state index contributed by atoms with van der Waals surface area (Å²) in [6.45, 7) is 2.37. The Morgan fingerprint density at radius 2 is 2.10 bits per heavy atom. The van der Waals surface area contributed by atoms with Gasteiger partial charge < -0.3 is 19.9 Å². The lowest BCUT2D eigenvalue weighted by molar-refractivity contribution is -0.121. The van der Waals surface area contributed by atoms with E-state index in [1.807, 2.05) is 35.1 Å². The molecule has 2 N–H and O–H groups in total. The van der Waals surface area contributed by atoms with E-state index in [1.165, 1.54) is 11.8 Å². The van der Waals surface area contributed by atoms with Crippen LogP contribution in [-0.4, -0.2) is 68.3 Å². The van der Waals surface area contributed by atoms with Gasteiger partial charge in [0, 0.05) is 20.2 Å².